The molecule has 0 saturated carbocycles. The molecular weight excluding hydrogens is 460 g/mol. The highest BCUT2D eigenvalue weighted by Gasteiger charge is 2.40. The molecule has 1 aromatic carbocycles. The standard InChI is InChI=1S/C17H20Cl3F3N2O4/c1-28-25(15(27)29-10-16(18,19)20)13-8-11(14(26)17(21,22)23)7-12(9-13)24-5-3-2-4-6-24/h7-9,14,26H,2-6,10H2,1H3. The molecule has 6 nitrogen and oxygen atoms in total. The maximum atomic E-state index is 13.1. The van der Waals surface area contributed by atoms with Crippen molar-refractivity contribution in [2.75, 3.05) is 36.8 Å². The van der Waals surface area contributed by atoms with E-state index in [0.29, 0.717) is 23.8 Å². The first-order valence-electron chi connectivity index (χ1n) is 8.65. The van der Waals surface area contributed by atoms with E-state index in [1.165, 1.54) is 12.1 Å². The summed E-state index contributed by atoms with van der Waals surface area (Å²) in [5.41, 5.74) is -0.0910. The maximum absolute atomic E-state index is 13.1. The van der Waals surface area contributed by atoms with Crippen LogP contribution in [0, 0.1) is 0 Å². The average Bonchev–Trinajstić information content (AvgIpc) is 2.65. The molecular formula is C17H20Cl3F3N2O4. The van der Waals surface area contributed by atoms with Crippen LogP contribution in [0.15, 0.2) is 18.2 Å². The van der Waals surface area contributed by atoms with Crippen LogP contribution in [0.1, 0.15) is 30.9 Å². The van der Waals surface area contributed by atoms with Crippen molar-refractivity contribution < 1.29 is 32.6 Å². The molecule has 1 saturated heterocycles. The SMILES string of the molecule is CON(C(=O)OCC(Cl)(Cl)Cl)c1cc(C(O)C(F)(F)F)cc(N2CCCCC2)c1. The molecule has 1 N–H and O–H groups in total. The van der Waals surface area contributed by atoms with E-state index in [4.69, 9.17) is 44.4 Å². The summed E-state index contributed by atoms with van der Waals surface area (Å²) in [6.07, 6.45) is -5.95. The van der Waals surface area contributed by atoms with E-state index in [-0.39, 0.29) is 5.69 Å². The zero-order valence-electron chi connectivity index (χ0n) is 15.4. The number of halogens is 6. The fourth-order valence-electron chi connectivity index (χ4n) is 2.90. The minimum atomic E-state index is -4.88. The first-order chi connectivity index (χ1) is 13.4. The molecule has 1 fully saturated rings. The van der Waals surface area contributed by atoms with E-state index in [2.05, 4.69) is 0 Å². The van der Waals surface area contributed by atoms with E-state index in [1.807, 2.05) is 4.90 Å². The van der Waals surface area contributed by atoms with Gasteiger partial charge in [-0.05, 0) is 43.0 Å². The predicted octanol–water partition coefficient (Wildman–Crippen LogP) is 5.15. The summed E-state index contributed by atoms with van der Waals surface area (Å²) in [7, 11) is 1.13. The molecule has 1 atom stereocenters. The number of nitrogens with zero attached hydrogens (tertiary/aromatic N) is 2. The third-order valence-electron chi connectivity index (χ3n) is 4.21. The highest BCUT2D eigenvalue weighted by atomic mass is 35.6. The van der Waals surface area contributed by atoms with E-state index in [1.54, 1.807) is 0 Å². The summed E-state index contributed by atoms with van der Waals surface area (Å²) in [5, 5.41) is 10.4. The van der Waals surface area contributed by atoms with Crippen LogP contribution in [-0.4, -0.2) is 48.0 Å². The van der Waals surface area contributed by atoms with Crippen LogP contribution in [0.3, 0.4) is 0 Å². The van der Waals surface area contributed by atoms with Crippen molar-refractivity contribution in [1.82, 2.24) is 0 Å². The Balaban J connectivity index is 2.40. The van der Waals surface area contributed by atoms with Crippen LogP contribution < -0.4 is 9.96 Å². The number of aliphatic hydroxyl groups excluding tert-OH is 1. The second kappa shape index (κ2) is 9.78. The first kappa shape index (κ1) is 24.1. The lowest BCUT2D eigenvalue weighted by molar-refractivity contribution is -0.206. The van der Waals surface area contributed by atoms with Gasteiger partial charge in [0.15, 0.2) is 6.10 Å². The normalized spacial score (nSPS) is 16.5. The number of amides is 1. The molecule has 1 amide bonds. The Bertz CT molecular complexity index is 710. The number of ether oxygens (including phenoxy) is 1. The number of anilines is 2. The summed E-state index contributed by atoms with van der Waals surface area (Å²) in [6, 6.07) is 3.71. The maximum Gasteiger partial charge on any atom is 0.438 e. The topological polar surface area (TPSA) is 62.2 Å². The molecule has 2 rings (SSSR count). The van der Waals surface area contributed by atoms with Gasteiger partial charge in [-0.3, -0.25) is 4.84 Å². The monoisotopic (exact) mass is 478 g/mol. The van der Waals surface area contributed by atoms with E-state index >= 15 is 0 Å². The predicted molar refractivity (Wildman–Crippen MR) is 105 cm³/mol. The van der Waals surface area contributed by atoms with Gasteiger partial charge < -0.3 is 14.7 Å². The molecule has 1 unspecified atom stereocenters. The molecule has 0 bridgehead atoms. The minimum Gasteiger partial charge on any atom is -0.443 e. The van der Waals surface area contributed by atoms with Gasteiger partial charge in [0, 0.05) is 18.8 Å². The lowest BCUT2D eigenvalue weighted by Crippen LogP contribution is -2.34. The average molecular weight is 480 g/mol. The number of hydroxylamine groups is 1. The molecule has 164 valence electrons. The zero-order valence-corrected chi connectivity index (χ0v) is 17.7. The highest BCUT2D eigenvalue weighted by Crippen LogP contribution is 2.37. The number of aliphatic hydroxyl groups is 1. The second-order valence-electron chi connectivity index (χ2n) is 6.42. The van der Waals surface area contributed by atoms with Gasteiger partial charge in [-0.25, -0.2) is 4.79 Å². The number of hydrogen-bond donors (Lipinski definition) is 1. The van der Waals surface area contributed by atoms with E-state index in [0.717, 1.165) is 32.4 Å². The Morgan fingerprint density at radius 3 is 2.34 bits per heavy atom. The largest absolute Gasteiger partial charge is 0.443 e. The first-order valence-corrected chi connectivity index (χ1v) is 9.78. The molecule has 0 aliphatic carbocycles. The molecule has 1 aromatic rings. The Morgan fingerprint density at radius 2 is 1.83 bits per heavy atom. The van der Waals surface area contributed by atoms with Gasteiger partial charge in [0.25, 0.3) is 0 Å². The minimum absolute atomic E-state index is 0.0665. The van der Waals surface area contributed by atoms with Crippen LogP contribution >= 0.6 is 34.8 Å². The van der Waals surface area contributed by atoms with Crippen LogP contribution in [0.2, 0.25) is 0 Å². The van der Waals surface area contributed by atoms with Crippen LogP contribution in [0.25, 0.3) is 0 Å². The van der Waals surface area contributed by atoms with Gasteiger partial charge in [-0.1, -0.05) is 34.8 Å². The molecule has 1 heterocycles. The summed E-state index contributed by atoms with van der Waals surface area (Å²) in [5.74, 6) is 0. The van der Waals surface area contributed by atoms with Gasteiger partial charge in [0.1, 0.15) is 6.61 Å². The summed E-state index contributed by atoms with van der Waals surface area (Å²) < 4.78 is 42.2. The van der Waals surface area contributed by atoms with Crippen molar-refractivity contribution in [1.29, 1.82) is 0 Å². The molecule has 12 heteroatoms. The lowest BCUT2D eigenvalue weighted by atomic mass is 10.0. The van der Waals surface area contributed by atoms with Crippen LogP contribution in [-0.2, 0) is 9.57 Å². The van der Waals surface area contributed by atoms with E-state index in [9.17, 15) is 23.1 Å². The molecule has 0 spiro atoms. The summed E-state index contributed by atoms with van der Waals surface area (Å²) >= 11 is 16.6. The fraction of sp³-hybridized carbons (Fsp3) is 0.588. The number of carbonyl (C=O) groups is 1. The quantitative estimate of drug-likeness (QED) is 0.468. The molecule has 1 aliphatic rings. The number of benzene rings is 1. The Morgan fingerprint density at radius 1 is 1.21 bits per heavy atom. The third kappa shape index (κ3) is 6.96. The van der Waals surface area contributed by atoms with Crippen molar-refractivity contribution in [3.63, 3.8) is 0 Å². The van der Waals surface area contributed by atoms with Crippen molar-refractivity contribution in [2.24, 2.45) is 0 Å². The number of hydrogen-bond acceptors (Lipinski definition) is 5. The van der Waals surface area contributed by atoms with Gasteiger partial charge in [-0.15, -0.1) is 0 Å². The Hall–Kier alpha value is -1.13. The summed E-state index contributed by atoms with van der Waals surface area (Å²) in [4.78, 5) is 19.1. The van der Waals surface area contributed by atoms with Gasteiger partial charge in [0.2, 0.25) is 3.79 Å². The number of rotatable bonds is 5. The van der Waals surface area contributed by atoms with Crippen LogP contribution in [0.4, 0.5) is 29.3 Å². The molecule has 0 aromatic heterocycles. The Labute approximate surface area is 181 Å². The number of piperidine rings is 1. The van der Waals surface area contributed by atoms with Crippen LogP contribution in [0.5, 0.6) is 0 Å². The highest BCUT2D eigenvalue weighted by molar-refractivity contribution is 6.67. The summed E-state index contributed by atoms with van der Waals surface area (Å²) in [6.45, 7) is 0.672. The fourth-order valence-corrected chi connectivity index (χ4v) is 3.07. The lowest BCUT2D eigenvalue weighted by Gasteiger charge is -2.31. The van der Waals surface area contributed by atoms with Crippen molar-refractivity contribution >= 4 is 52.3 Å². The van der Waals surface area contributed by atoms with Crippen molar-refractivity contribution in [2.45, 2.75) is 35.3 Å². The van der Waals surface area contributed by atoms with Gasteiger partial charge >= 0.3 is 12.3 Å². The zero-order chi connectivity index (χ0) is 21.8. The molecule has 0 radical (unpaired) electrons. The number of carbonyl (C=O) groups excluding carboxylic acids is 1. The molecule has 1 aliphatic heterocycles. The molecule has 29 heavy (non-hydrogen) atoms. The van der Waals surface area contributed by atoms with E-state index < -0.39 is 34.3 Å². The smallest absolute Gasteiger partial charge is 0.438 e. The van der Waals surface area contributed by atoms with Gasteiger partial charge in [0.05, 0.1) is 12.8 Å². The van der Waals surface area contributed by atoms with Crippen molar-refractivity contribution in [3.8, 4) is 0 Å². The number of alkyl halides is 6. The van der Waals surface area contributed by atoms with Gasteiger partial charge in [-0.2, -0.15) is 18.2 Å². The third-order valence-corrected chi connectivity index (χ3v) is 4.54. The Kier molecular flexibility index (Phi) is 8.15. The van der Waals surface area contributed by atoms with Crippen molar-refractivity contribution in [3.05, 3.63) is 23.8 Å². The second-order valence-corrected chi connectivity index (χ2v) is 8.94.